The smallest absolute Gasteiger partial charge is 0.269 e. The number of carbonyl (C=O) groups is 2. The van der Waals surface area contributed by atoms with Crippen LogP contribution in [0.25, 0.3) is 0 Å². The number of halogens is 2. The Bertz CT molecular complexity index is 875. The summed E-state index contributed by atoms with van der Waals surface area (Å²) < 4.78 is 5.63. The number of hydrogen-bond acceptors (Lipinski definition) is 5. The van der Waals surface area contributed by atoms with Crippen LogP contribution in [0.4, 0.5) is 17.3 Å². The Hall–Kier alpha value is -2.51. The molecule has 7 nitrogen and oxygen atoms in total. The Morgan fingerprint density at radius 1 is 1.31 bits per heavy atom. The fourth-order valence-electron chi connectivity index (χ4n) is 2.55. The number of amides is 2. The number of pyridine rings is 1. The van der Waals surface area contributed by atoms with Gasteiger partial charge in [0, 0.05) is 5.69 Å². The normalized spacial score (nSPS) is 16.0. The maximum Gasteiger partial charge on any atom is 0.269 e. The summed E-state index contributed by atoms with van der Waals surface area (Å²) in [6, 6.07) is 7.93. The zero-order valence-corrected chi connectivity index (χ0v) is 15.3. The number of ether oxygens (including phenoxy) is 1. The van der Waals surface area contributed by atoms with Gasteiger partial charge in [0.05, 0.1) is 10.0 Å². The summed E-state index contributed by atoms with van der Waals surface area (Å²) in [4.78, 5) is 30.5. The zero-order valence-electron chi connectivity index (χ0n) is 13.8. The molecule has 0 fully saturated rings. The zero-order chi connectivity index (χ0) is 18.8. The molecule has 1 atom stereocenters. The molecule has 3 N–H and O–H groups in total. The number of benzene rings is 1. The molecule has 26 heavy (non-hydrogen) atoms. The maximum absolute atomic E-state index is 12.6. The lowest BCUT2D eigenvalue weighted by Crippen LogP contribution is -2.49. The van der Waals surface area contributed by atoms with E-state index in [4.69, 9.17) is 33.7 Å². The standard InChI is InChI=1S/C17H16Cl2N4O3/c1-2-12-17(25)23(16-13(26-12)5-6-14(20)22-16)8-15(24)21-9-3-4-10(18)11(19)7-9/h3-7,12H,2,8H2,1H3,(H2,20,22)(H,21,24). The maximum atomic E-state index is 12.6. The van der Waals surface area contributed by atoms with Gasteiger partial charge in [0.1, 0.15) is 12.4 Å². The van der Waals surface area contributed by atoms with E-state index in [1.807, 2.05) is 6.92 Å². The fraction of sp³-hybridized carbons (Fsp3) is 0.235. The minimum Gasteiger partial charge on any atom is -0.477 e. The van der Waals surface area contributed by atoms with Crippen molar-refractivity contribution in [2.75, 3.05) is 22.5 Å². The number of nitrogen functional groups attached to an aromatic ring is 1. The number of nitrogens with two attached hydrogens (primary N) is 1. The van der Waals surface area contributed by atoms with E-state index in [-0.39, 0.29) is 24.1 Å². The molecule has 0 radical (unpaired) electrons. The van der Waals surface area contributed by atoms with E-state index >= 15 is 0 Å². The van der Waals surface area contributed by atoms with E-state index < -0.39 is 12.0 Å². The minimum absolute atomic E-state index is 0.226. The molecule has 2 heterocycles. The van der Waals surface area contributed by atoms with E-state index in [2.05, 4.69) is 10.3 Å². The molecule has 0 bridgehead atoms. The first-order valence-corrected chi connectivity index (χ1v) is 8.64. The molecule has 1 aliphatic rings. The summed E-state index contributed by atoms with van der Waals surface area (Å²) in [5.74, 6) is 0.105. The Labute approximate surface area is 160 Å². The lowest BCUT2D eigenvalue weighted by molar-refractivity contribution is -0.128. The highest BCUT2D eigenvalue weighted by molar-refractivity contribution is 6.42. The van der Waals surface area contributed by atoms with Crippen molar-refractivity contribution >= 4 is 52.3 Å². The Morgan fingerprint density at radius 3 is 2.77 bits per heavy atom. The van der Waals surface area contributed by atoms with Crippen molar-refractivity contribution < 1.29 is 14.3 Å². The number of nitrogens with one attached hydrogen (secondary N) is 1. The first-order valence-electron chi connectivity index (χ1n) is 7.88. The highest BCUT2D eigenvalue weighted by atomic mass is 35.5. The first kappa shape index (κ1) is 18.3. The summed E-state index contributed by atoms with van der Waals surface area (Å²) in [5, 5.41) is 3.38. The molecule has 2 amide bonds. The third-order valence-corrected chi connectivity index (χ3v) is 4.54. The molecule has 1 unspecified atom stereocenters. The molecule has 2 aromatic rings. The van der Waals surface area contributed by atoms with Crippen molar-refractivity contribution in [3.63, 3.8) is 0 Å². The quantitative estimate of drug-likeness (QED) is 0.829. The van der Waals surface area contributed by atoms with Crippen LogP contribution < -0.4 is 20.7 Å². The van der Waals surface area contributed by atoms with Gasteiger partial charge in [0.25, 0.3) is 5.91 Å². The van der Waals surface area contributed by atoms with Crippen molar-refractivity contribution in [2.45, 2.75) is 19.4 Å². The monoisotopic (exact) mass is 394 g/mol. The second-order valence-electron chi connectivity index (χ2n) is 5.67. The van der Waals surface area contributed by atoms with E-state index in [1.165, 1.54) is 11.0 Å². The van der Waals surface area contributed by atoms with Gasteiger partial charge in [-0.15, -0.1) is 0 Å². The van der Waals surface area contributed by atoms with Crippen LogP contribution in [0.1, 0.15) is 13.3 Å². The average Bonchev–Trinajstić information content (AvgIpc) is 2.60. The van der Waals surface area contributed by atoms with E-state index in [9.17, 15) is 9.59 Å². The Morgan fingerprint density at radius 2 is 2.08 bits per heavy atom. The molecule has 1 aromatic carbocycles. The van der Waals surface area contributed by atoms with Crippen LogP contribution in [0.5, 0.6) is 5.75 Å². The number of hydrogen-bond donors (Lipinski definition) is 2. The topological polar surface area (TPSA) is 97.6 Å². The highest BCUT2D eigenvalue weighted by Gasteiger charge is 2.35. The van der Waals surface area contributed by atoms with Gasteiger partial charge in [-0.2, -0.15) is 0 Å². The highest BCUT2D eigenvalue weighted by Crippen LogP contribution is 2.33. The van der Waals surface area contributed by atoms with Crippen LogP contribution in [0.3, 0.4) is 0 Å². The minimum atomic E-state index is -0.675. The van der Waals surface area contributed by atoms with Gasteiger partial charge < -0.3 is 15.8 Å². The van der Waals surface area contributed by atoms with E-state index in [1.54, 1.807) is 24.3 Å². The molecule has 0 aliphatic carbocycles. The van der Waals surface area contributed by atoms with Gasteiger partial charge in [0.2, 0.25) is 5.91 Å². The van der Waals surface area contributed by atoms with Crippen LogP contribution >= 0.6 is 23.2 Å². The van der Waals surface area contributed by atoms with Gasteiger partial charge in [-0.3, -0.25) is 14.5 Å². The van der Waals surface area contributed by atoms with E-state index in [0.717, 1.165) is 0 Å². The average molecular weight is 395 g/mol. The number of carbonyl (C=O) groups excluding carboxylic acids is 2. The Kier molecular flexibility index (Phi) is 5.20. The van der Waals surface area contributed by atoms with Gasteiger partial charge in [0.15, 0.2) is 17.7 Å². The lowest BCUT2D eigenvalue weighted by Gasteiger charge is -2.32. The second-order valence-corrected chi connectivity index (χ2v) is 6.49. The van der Waals surface area contributed by atoms with Crippen LogP contribution in [0.2, 0.25) is 10.0 Å². The second kappa shape index (κ2) is 7.39. The molecule has 9 heteroatoms. The molecular formula is C17H16Cl2N4O3. The molecule has 0 saturated carbocycles. The predicted molar refractivity (Wildman–Crippen MR) is 101 cm³/mol. The summed E-state index contributed by atoms with van der Waals surface area (Å²) >= 11 is 11.8. The van der Waals surface area contributed by atoms with Crippen LogP contribution in [0.15, 0.2) is 30.3 Å². The molecule has 1 aromatic heterocycles. The molecule has 0 saturated heterocycles. The largest absolute Gasteiger partial charge is 0.477 e. The van der Waals surface area contributed by atoms with Gasteiger partial charge in [-0.25, -0.2) is 4.98 Å². The van der Waals surface area contributed by atoms with E-state index in [0.29, 0.717) is 27.9 Å². The number of rotatable bonds is 4. The SMILES string of the molecule is CCC1Oc2ccc(N)nc2N(CC(=O)Nc2ccc(Cl)c(Cl)c2)C1=O. The van der Waals surface area contributed by atoms with Crippen molar-refractivity contribution in [1.29, 1.82) is 0 Å². The third kappa shape index (κ3) is 3.68. The van der Waals surface area contributed by atoms with Gasteiger partial charge in [-0.1, -0.05) is 30.1 Å². The molecule has 136 valence electrons. The molecule has 1 aliphatic heterocycles. The van der Waals surface area contributed by atoms with Crippen LogP contribution in [0, 0.1) is 0 Å². The first-order chi connectivity index (χ1) is 12.4. The van der Waals surface area contributed by atoms with Crippen molar-refractivity contribution in [3.05, 3.63) is 40.4 Å². The van der Waals surface area contributed by atoms with Gasteiger partial charge >= 0.3 is 0 Å². The molecular weight excluding hydrogens is 379 g/mol. The van der Waals surface area contributed by atoms with Crippen molar-refractivity contribution in [3.8, 4) is 5.75 Å². The number of fused-ring (bicyclic) bond motifs is 1. The van der Waals surface area contributed by atoms with Crippen molar-refractivity contribution in [2.24, 2.45) is 0 Å². The van der Waals surface area contributed by atoms with Crippen LogP contribution in [-0.2, 0) is 9.59 Å². The van der Waals surface area contributed by atoms with Crippen molar-refractivity contribution in [1.82, 2.24) is 4.98 Å². The summed E-state index contributed by atoms with van der Waals surface area (Å²) in [7, 11) is 0. The Balaban J connectivity index is 1.82. The number of nitrogens with zero attached hydrogens (tertiary/aromatic N) is 2. The third-order valence-electron chi connectivity index (χ3n) is 3.80. The molecule has 3 rings (SSSR count). The predicted octanol–water partition coefficient (Wildman–Crippen LogP) is 3.11. The van der Waals surface area contributed by atoms with Gasteiger partial charge in [-0.05, 0) is 36.8 Å². The lowest BCUT2D eigenvalue weighted by atomic mass is 10.2. The summed E-state index contributed by atoms with van der Waals surface area (Å²) in [6.07, 6.45) is -0.209. The van der Waals surface area contributed by atoms with Crippen LogP contribution in [-0.4, -0.2) is 29.4 Å². The fourth-order valence-corrected chi connectivity index (χ4v) is 2.84. The number of aromatic nitrogens is 1. The molecule has 0 spiro atoms. The summed E-state index contributed by atoms with van der Waals surface area (Å²) in [5.41, 5.74) is 6.18. The number of anilines is 3. The summed E-state index contributed by atoms with van der Waals surface area (Å²) in [6.45, 7) is 1.59.